The molecule has 0 amide bonds. The van der Waals surface area contributed by atoms with E-state index < -0.39 is 11.7 Å². The Morgan fingerprint density at radius 3 is 2.69 bits per heavy atom. The summed E-state index contributed by atoms with van der Waals surface area (Å²) >= 11 is 1.33. The third-order valence-electron chi connectivity index (χ3n) is 5.98. The fourth-order valence-corrected chi connectivity index (χ4v) is 5.42. The summed E-state index contributed by atoms with van der Waals surface area (Å²) in [6.45, 7) is 7.33. The molecular weight excluding hydrogens is 435 g/mol. The molecule has 1 aliphatic heterocycles. The van der Waals surface area contributed by atoms with Gasteiger partial charge in [-0.1, -0.05) is 37.2 Å². The number of aryl methyl sites for hydroxylation is 1. The summed E-state index contributed by atoms with van der Waals surface area (Å²) in [6, 6.07) is 9.78. The molecule has 0 saturated carbocycles. The van der Waals surface area contributed by atoms with Crippen LogP contribution in [0.2, 0.25) is 0 Å². The summed E-state index contributed by atoms with van der Waals surface area (Å²) in [5.41, 5.74) is 2.11. The third kappa shape index (κ3) is 5.18. The molecule has 3 aromatic rings. The number of thiazole rings is 1. The molecule has 2 aromatic carbocycles. The second-order valence-electron chi connectivity index (χ2n) is 8.57. The minimum absolute atomic E-state index is 0.288. The standard InChI is InChI=1S/C24H28F3N3OS/c1-3-4-5-19-15-30(9-8-29(19)14-17-10-16(2)11-20(31)12-17)23-28-21-7-6-18(24(25,26)27)13-22(21)32-23/h6-7,10-13,19,31H,3-5,8-9,14-15H2,1-2H3/t19-/m1/s1. The number of anilines is 1. The summed E-state index contributed by atoms with van der Waals surface area (Å²) in [7, 11) is 0. The first-order chi connectivity index (χ1) is 15.2. The minimum Gasteiger partial charge on any atom is -0.508 e. The Hall–Kier alpha value is -2.32. The van der Waals surface area contributed by atoms with Gasteiger partial charge in [0.2, 0.25) is 0 Å². The van der Waals surface area contributed by atoms with E-state index in [1.165, 1.54) is 23.5 Å². The number of halogens is 3. The Labute approximate surface area is 190 Å². The highest BCUT2D eigenvalue weighted by molar-refractivity contribution is 7.22. The molecule has 0 aliphatic carbocycles. The van der Waals surface area contributed by atoms with Crippen molar-refractivity contribution in [3.8, 4) is 5.75 Å². The van der Waals surface area contributed by atoms with E-state index in [1.54, 1.807) is 6.07 Å². The first kappa shape index (κ1) is 22.9. The van der Waals surface area contributed by atoms with Gasteiger partial charge >= 0.3 is 6.18 Å². The van der Waals surface area contributed by atoms with Crippen molar-refractivity contribution in [3.05, 3.63) is 53.1 Å². The summed E-state index contributed by atoms with van der Waals surface area (Å²) in [5.74, 6) is 0.288. The number of fused-ring (bicyclic) bond motifs is 1. The van der Waals surface area contributed by atoms with Gasteiger partial charge in [-0.05, 0) is 54.8 Å². The first-order valence-corrected chi connectivity index (χ1v) is 11.8. The number of aromatic nitrogens is 1. The van der Waals surface area contributed by atoms with Gasteiger partial charge < -0.3 is 10.0 Å². The smallest absolute Gasteiger partial charge is 0.416 e. The van der Waals surface area contributed by atoms with E-state index in [0.29, 0.717) is 16.3 Å². The number of rotatable bonds is 6. The number of phenols is 1. The lowest BCUT2D eigenvalue weighted by Gasteiger charge is -2.41. The number of phenolic OH excluding ortho intramolecular Hbond substituents is 1. The lowest BCUT2D eigenvalue weighted by atomic mass is 10.0. The molecule has 8 heteroatoms. The maximum absolute atomic E-state index is 13.1. The molecule has 4 rings (SSSR count). The highest BCUT2D eigenvalue weighted by Crippen LogP contribution is 2.36. The molecular formula is C24H28F3N3OS. The van der Waals surface area contributed by atoms with Gasteiger partial charge in [-0.2, -0.15) is 13.2 Å². The molecule has 1 N–H and O–H groups in total. The van der Waals surface area contributed by atoms with Gasteiger partial charge in [-0.25, -0.2) is 4.98 Å². The van der Waals surface area contributed by atoms with Gasteiger partial charge in [-0.3, -0.25) is 4.90 Å². The predicted octanol–water partition coefficient (Wildman–Crippen LogP) is 6.21. The number of unbranched alkanes of at least 4 members (excludes halogenated alkanes) is 1. The lowest BCUT2D eigenvalue weighted by Crippen LogP contribution is -2.52. The van der Waals surface area contributed by atoms with Crippen LogP contribution in [0.1, 0.15) is 42.9 Å². The number of alkyl halides is 3. The average molecular weight is 464 g/mol. The summed E-state index contributed by atoms with van der Waals surface area (Å²) in [5, 5.41) is 10.7. The summed E-state index contributed by atoms with van der Waals surface area (Å²) in [6.07, 6.45) is -1.08. The molecule has 172 valence electrons. The Kier molecular flexibility index (Phi) is 6.62. The monoisotopic (exact) mass is 463 g/mol. The van der Waals surface area contributed by atoms with Crippen LogP contribution in [0.3, 0.4) is 0 Å². The molecule has 32 heavy (non-hydrogen) atoms. The quantitative estimate of drug-likeness (QED) is 0.472. The fourth-order valence-electron chi connectivity index (χ4n) is 4.38. The number of piperazine rings is 1. The molecule has 1 aliphatic rings. The van der Waals surface area contributed by atoms with Gasteiger partial charge in [0.05, 0.1) is 15.8 Å². The van der Waals surface area contributed by atoms with Crippen LogP contribution in [0, 0.1) is 6.92 Å². The average Bonchev–Trinajstić information content (AvgIpc) is 3.15. The topological polar surface area (TPSA) is 39.6 Å². The molecule has 0 unspecified atom stereocenters. The SMILES string of the molecule is CCCC[C@@H]1CN(c2nc3ccc(C(F)(F)F)cc3s2)CCN1Cc1cc(C)cc(O)c1. The number of nitrogens with zero attached hydrogens (tertiary/aromatic N) is 3. The number of hydrogen-bond donors (Lipinski definition) is 1. The van der Waals surface area contributed by atoms with Crippen molar-refractivity contribution in [2.24, 2.45) is 0 Å². The fraction of sp³-hybridized carbons (Fsp3) is 0.458. The van der Waals surface area contributed by atoms with E-state index in [1.807, 2.05) is 13.0 Å². The highest BCUT2D eigenvalue weighted by Gasteiger charge is 2.32. The number of benzene rings is 2. The minimum atomic E-state index is -4.35. The Bertz CT molecular complexity index is 1060. The van der Waals surface area contributed by atoms with Crippen molar-refractivity contribution < 1.29 is 18.3 Å². The van der Waals surface area contributed by atoms with E-state index in [4.69, 9.17) is 0 Å². The lowest BCUT2D eigenvalue weighted by molar-refractivity contribution is -0.137. The summed E-state index contributed by atoms with van der Waals surface area (Å²) in [4.78, 5) is 9.30. The Balaban J connectivity index is 1.53. The largest absolute Gasteiger partial charge is 0.508 e. The molecule has 1 saturated heterocycles. The zero-order chi connectivity index (χ0) is 22.9. The van der Waals surface area contributed by atoms with E-state index >= 15 is 0 Å². The Morgan fingerprint density at radius 2 is 1.97 bits per heavy atom. The third-order valence-corrected chi connectivity index (χ3v) is 7.06. The molecule has 2 heterocycles. The van der Waals surface area contributed by atoms with Crippen LogP contribution in [-0.4, -0.2) is 40.7 Å². The van der Waals surface area contributed by atoms with E-state index in [0.717, 1.165) is 67.8 Å². The molecule has 1 atom stereocenters. The van der Waals surface area contributed by atoms with Gasteiger partial charge in [0.15, 0.2) is 5.13 Å². The molecule has 1 fully saturated rings. The Morgan fingerprint density at radius 1 is 1.16 bits per heavy atom. The van der Waals surface area contributed by atoms with Crippen LogP contribution >= 0.6 is 11.3 Å². The van der Waals surface area contributed by atoms with Crippen LogP contribution in [0.15, 0.2) is 36.4 Å². The van der Waals surface area contributed by atoms with Crippen LogP contribution in [-0.2, 0) is 12.7 Å². The second-order valence-corrected chi connectivity index (χ2v) is 9.58. The van der Waals surface area contributed by atoms with E-state index in [-0.39, 0.29) is 5.75 Å². The van der Waals surface area contributed by atoms with Crippen molar-refractivity contribution in [2.75, 3.05) is 24.5 Å². The molecule has 4 nitrogen and oxygen atoms in total. The normalized spacial score (nSPS) is 17.9. The van der Waals surface area contributed by atoms with Crippen LogP contribution in [0.25, 0.3) is 10.2 Å². The van der Waals surface area contributed by atoms with Crippen LogP contribution < -0.4 is 4.90 Å². The maximum Gasteiger partial charge on any atom is 0.416 e. The van der Waals surface area contributed by atoms with E-state index in [9.17, 15) is 18.3 Å². The molecule has 1 aromatic heterocycles. The first-order valence-electron chi connectivity index (χ1n) is 11.0. The summed E-state index contributed by atoms with van der Waals surface area (Å²) < 4.78 is 39.8. The van der Waals surface area contributed by atoms with Gasteiger partial charge in [0, 0.05) is 32.2 Å². The van der Waals surface area contributed by atoms with Crippen molar-refractivity contribution in [2.45, 2.75) is 51.9 Å². The van der Waals surface area contributed by atoms with Crippen LogP contribution in [0.5, 0.6) is 5.75 Å². The number of hydrogen-bond acceptors (Lipinski definition) is 5. The van der Waals surface area contributed by atoms with Crippen molar-refractivity contribution >= 4 is 26.7 Å². The van der Waals surface area contributed by atoms with Gasteiger partial charge in [-0.15, -0.1) is 0 Å². The predicted molar refractivity (Wildman–Crippen MR) is 123 cm³/mol. The zero-order valence-corrected chi connectivity index (χ0v) is 19.1. The maximum atomic E-state index is 13.1. The zero-order valence-electron chi connectivity index (χ0n) is 18.3. The molecule has 0 radical (unpaired) electrons. The second kappa shape index (κ2) is 9.27. The molecule has 0 bridgehead atoms. The number of aromatic hydroxyl groups is 1. The van der Waals surface area contributed by atoms with Gasteiger partial charge in [0.25, 0.3) is 0 Å². The van der Waals surface area contributed by atoms with Crippen molar-refractivity contribution in [3.63, 3.8) is 0 Å². The highest BCUT2D eigenvalue weighted by atomic mass is 32.1. The van der Waals surface area contributed by atoms with Crippen molar-refractivity contribution in [1.82, 2.24) is 9.88 Å². The van der Waals surface area contributed by atoms with Crippen molar-refractivity contribution in [1.29, 1.82) is 0 Å². The molecule has 0 spiro atoms. The van der Waals surface area contributed by atoms with E-state index in [2.05, 4.69) is 27.8 Å². The van der Waals surface area contributed by atoms with Crippen LogP contribution in [0.4, 0.5) is 18.3 Å². The van der Waals surface area contributed by atoms with Gasteiger partial charge in [0.1, 0.15) is 5.75 Å².